The van der Waals surface area contributed by atoms with Crippen LogP contribution in [0.3, 0.4) is 0 Å². The molecule has 0 aliphatic rings. The van der Waals surface area contributed by atoms with Crippen molar-refractivity contribution < 1.29 is 28.5 Å². The zero-order chi connectivity index (χ0) is 20.2. The van der Waals surface area contributed by atoms with E-state index in [-0.39, 0.29) is 11.9 Å². The molecule has 2 aromatic carbocycles. The SMILES string of the molecule is COC(=O)CCc1ccc(OCCOc2ccc(CCC(=O)OC)cc2)cc1. The van der Waals surface area contributed by atoms with E-state index in [2.05, 4.69) is 9.47 Å². The molecule has 150 valence electrons. The second kappa shape index (κ2) is 11.6. The van der Waals surface area contributed by atoms with Crippen LogP contribution in [-0.4, -0.2) is 39.4 Å². The molecule has 0 aliphatic carbocycles. The van der Waals surface area contributed by atoms with Gasteiger partial charge in [-0.3, -0.25) is 9.59 Å². The topological polar surface area (TPSA) is 71.1 Å². The van der Waals surface area contributed by atoms with Crippen molar-refractivity contribution in [2.24, 2.45) is 0 Å². The highest BCUT2D eigenvalue weighted by Gasteiger charge is 2.03. The zero-order valence-corrected chi connectivity index (χ0v) is 16.3. The van der Waals surface area contributed by atoms with Crippen molar-refractivity contribution in [1.29, 1.82) is 0 Å². The molecule has 0 N–H and O–H groups in total. The van der Waals surface area contributed by atoms with E-state index in [0.29, 0.717) is 38.9 Å². The first-order valence-electron chi connectivity index (χ1n) is 9.18. The number of carbonyl (C=O) groups excluding carboxylic acids is 2. The number of aryl methyl sites for hydroxylation is 2. The van der Waals surface area contributed by atoms with Gasteiger partial charge in [0.1, 0.15) is 24.7 Å². The first kappa shape index (κ1) is 21.3. The van der Waals surface area contributed by atoms with Crippen LogP contribution in [0.15, 0.2) is 48.5 Å². The molecule has 0 unspecified atom stereocenters. The number of hydrogen-bond donors (Lipinski definition) is 0. The molecule has 0 amide bonds. The van der Waals surface area contributed by atoms with Crippen LogP contribution in [0.1, 0.15) is 24.0 Å². The van der Waals surface area contributed by atoms with Gasteiger partial charge in [-0.15, -0.1) is 0 Å². The van der Waals surface area contributed by atoms with Gasteiger partial charge >= 0.3 is 11.9 Å². The Labute approximate surface area is 165 Å². The lowest BCUT2D eigenvalue weighted by Gasteiger charge is -2.09. The van der Waals surface area contributed by atoms with Crippen LogP contribution in [0.2, 0.25) is 0 Å². The van der Waals surface area contributed by atoms with Crippen molar-refractivity contribution in [1.82, 2.24) is 0 Å². The van der Waals surface area contributed by atoms with E-state index in [0.717, 1.165) is 22.6 Å². The molecule has 0 atom stereocenters. The summed E-state index contributed by atoms with van der Waals surface area (Å²) in [6.45, 7) is 0.844. The average molecular weight is 386 g/mol. The molecule has 6 nitrogen and oxygen atoms in total. The maximum absolute atomic E-state index is 11.2. The predicted octanol–water partition coefficient (Wildman–Crippen LogP) is 3.36. The minimum atomic E-state index is -0.214. The number of esters is 2. The van der Waals surface area contributed by atoms with E-state index < -0.39 is 0 Å². The van der Waals surface area contributed by atoms with Crippen LogP contribution in [0.5, 0.6) is 11.5 Å². The highest BCUT2D eigenvalue weighted by Crippen LogP contribution is 2.15. The monoisotopic (exact) mass is 386 g/mol. The van der Waals surface area contributed by atoms with Crippen LogP contribution in [0, 0.1) is 0 Å². The van der Waals surface area contributed by atoms with Gasteiger partial charge in [0, 0.05) is 12.8 Å². The molecule has 0 spiro atoms. The molecule has 0 aliphatic heterocycles. The van der Waals surface area contributed by atoms with Gasteiger partial charge in [0.2, 0.25) is 0 Å². The Bertz CT molecular complexity index is 671. The van der Waals surface area contributed by atoms with Crippen molar-refractivity contribution in [3.05, 3.63) is 59.7 Å². The summed E-state index contributed by atoms with van der Waals surface area (Å²) < 4.78 is 20.6. The van der Waals surface area contributed by atoms with E-state index in [1.54, 1.807) is 0 Å². The summed E-state index contributed by atoms with van der Waals surface area (Å²) >= 11 is 0. The van der Waals surface area contributed by atoms with E-state index in [9.17, 15) is 9.59 Å². The van der Waals surface area contributed by atoms with Gasteiger partial charge in [-0.2, -0.15) is 0 Å². The average Bonchev–Trinajstić information content (AvgIpc) is 2.74. The Morgan fingerprint density at radius 2 is 1.00 bits per heavy atom. The second-order valence-electron chi connectivity index (χ2n) is 6.14. The number of carbonyl (C=O) groups is 2. The Morgan fingerprint density at radius 1 is 0.643 bits per heavy atom. The summed E-state index contributed by atoms with van der Waals surface area (Å²) in [6, 6.07) is 15.3. The molecular weight excluding hydrogens is 360 g/mol. The largest absolute Gasteiger partial charge is 0.490 e. The van der Waals surface area contributed by atoms with Crippen LogP contribution >= 0.6 is 0 Å². The fourth-order valence-electron chi connectivity index (χ4n) is 2.52. The third kappa shape index (κ3) is 7.70. The summed E-state index contributed by atoms with van der Waals surface area (Å²) in [5.74, 6) is 1.08. The fraction of sp³-hybridized carbons (Fsp3) is 0.364. The zero-order valence-electron chi connectivity index (χ0n) is 16.3. The summed E-state index contributed by atoms with van der Waals surface area (Å²) in [4.78, 5) is 22.3. The molecule has 0 fully saturated rings. The molecule has 2 rings (SSSR count). The number of benzene rings is 2. The highest BCUT2D eigenvalue weighted by molar-refractivity contribution is 5.69. The van der Waals surface area contributed by atoms with Crippen molar-refractivity contribution in [2.75, 3.05) is 27.4 Å². The number of methoxy groups -OCH3 is 2. The van der Waals surface area contributed by atoms with Crippen molar-refractivity contribution in [3.63, 3.8) is 0 Å². The second-order valence-corrected chi connectivity index (χ2v) is 6.14. The van der Waals surface area contributed by atoms with E-state index in [4.69, 9.17) is 9.47 Å². The van der Waals surface area contributed by atoms with Gasteiger partial charge in [0.05, 0.1) is 14.2 Å². The van der Waals surface area contributed by atoms with Gasteiger partial charge in [0.25, 0.3) is 0 Å². The van der Waals surface area contributed by atoms with Crippen LogP contribution in [0.25, 0.3) is 0 Å². The first-order valence-corrected chi connectivity index (χ1v) is 9.18. The number of ether oxygens (including phenoxy) is 4. The lowest BCUT2D eigenvalue weighted by atomic mass is 10.1. The fourth-order valence-corrected chi connectivity index (χ4v) is 2.52. The van der Waals surface area contributed by atoms with Gasteiger partial charge in [-0.1, -0.05) is 24.3 Å². The molecule has 0 bridgehead atoms. The minimum Gasteiger partial charge on any atom is -0.490 e. The van der Waals surface area contributed by atoms with Gasteiger partial charge in [-0.05, 0) is 48.2 Å². The lowest BCUT2D eigenvalue weighted by molar-refractivity contribution is -0.141. The quantitative estimate of drug-likeness (QED) is 0.436. The minimum absolute atomic E-state index is 0.214. The first-order chi connectivity index (χ1) is 13.6. The van der Waals surface area contributed by atoms with Gasteiger partial charge in [0.15, 0.2) is 0 Å². The smallest absolute Gasteiger partial charge is 0.305 e. The summed E-state index contributed by atoms with van der Waals surface area (Å²) in [5, 5.41) is 0. The molecule has 0 aromatic heterocycles. The van der Waals surface area contributed by atoms with E-state index in [1.165, 1.54) is 14.2 Å². The Balaban J connectivity index is 1.66. The number of hydrogen-bond acceptors (Lipinski definition) is 6. The van der Waals surface area contributed by atoms with E-state index >= 15 is 0 Å². The van der Waals surface area contributed by atoms with Crippen molar-refractivity contribution in [3.8, 4) is 11.5 Å². The Hall–Kier alpha value is -3.02. The molecular formula is C22H26O6. The third-order valence-corrected chi connectivity index (χ3v) is 4.16. The van der Waals surface area contributed by atoms with Crippen molar-refractivity contribution in [2.45, 2.75) is 25.7 Å². The van der Waals surface area contributed by atoms with Crippen LogP contribution in [-0.2, 0) is 31.9 Å². The highest BCUT2D eigenvalue weighted by atomic mass is 16.5. The molecule has 0 saturated heterocycles. The van der Waals surface area contributed by atoms with Gasteiger partial charge < -0.3 is 18.9 Å². The lowest BCUT2D eigenvalue weighted by Crippen LogP contribution is -2.09. The summed E-state index contributed by atoms with van der Waals surface area (Å²) in [6.07, 6.45) is 2.02. The van der Waals surface area contributed by atoms with Crippen LogP contribution in [0.4, 0.5) is 0 Å². The number of rotatable bonds is 11. The van der Waals surface area contributed by atoms with Crippen molar-refractivity contribution >= 4 is 11.9 Å². The maximum Gasteiger partial charge on any atom is 0.305 e. The van der Waals surface area contributed by atoms with E-state index in [1.807, 2.05) is 48.5 Å². The normalized spacial score (nSPS) is 10.2. The molecule has 2 aromatic rings. The Morgan fingerprint density at radius 3 is 1.32 bits per heavy atom. The molecule has 0 radical (unpaired) electrons. The van der Waals surface area contributed by atoms with Gasteiger partial charge in [-0.25, -0.2) is 0 Å². The third-order valence-electron chi connectivity index (χ3n) is 4.16. The standard InChI is InChI=1S/C22H26O6/c1-25-21(23)13-7-17-3-9-19(10-4-17)27-15-16-28-20-11-5-18(6-12-20)8-14-22(24)26-2/h3-6,9-12H,7-8,13-16H2,1-2H3. The summed E-state index contributed by atoms with van der Waals surface area (Å²) in [7, 11) is 2.78. The molecule has 28 heavy (non-hydrogen) atoms. The Kier molecular flexibility index (Phi) is 8.85. The van der Waals surface area contributed by atoms with Crippen LogP contribution < -0.4 is 9.47 Å². The molecule has 0 heterocycles. The molecule has 0 saturated carbocycles. The molecule has 6 heteroatoms. The predicted molar refractivity (Wildman–Crippen MR) is 105 cm³/mol. The summed E-state index contributed by atoms with van der Waals surface area (Å²) in [5.41, 5.74) is 2.11. The maximum atomic E-state index is 11.2.